The van der Waals surface area contributed by atoms with Crippen LogP contribution in [0, 0.1) is 10.1 Å². The summed E-state index contributed by atoms with van der Waals surface area (Å²) in [5, 5.41) is 10.4. The van der Waals surface area contributed by atoms with Crippen molar-refractivity contribution in [1.29, 1.82) is 0 Å². The molecular weight excluding hydrogens is 246 g/mol. The number of hydrogen-bond acceptors (Lipinski definition) is 5. The van der Waals surface area contributed by atoms with E-state index in [0.717, 1.165) is 0 Å². The number of amides is 1. The van der Waals surface area contributed by atoms with Gasteiger partial charge in [0.1, 0.15) is 0 Å². The smallest absolute Gasteiger partial charge is 0.269 e. The van der Waals surface area contributed by atoms with Crippen molar-refractivity contribution in [2.75, 3.05) is 5.75 Å². The fourth-order valence-corrected chi connectivity index (χ4v) is 2.18. The van der Waals surface area contributed by atoms with Crippen LogP contribution in [-0.4, -0.2) is 26.8 Å². The molecule has 17 heavy (non-hydrogen) atoms. The summed E-state index contributed by atoms with van der Waals surface area (Å²) in [6.45, 7) is 0. The molecule has 0 aliphatic carbocycles. The zero-order valence-corrected chi connectivity index (χ0v) is 9.55. The lowest BCUT2D eigenvalue weighted by molar-refractivity contribution is -0.384. The highest BCUT2D eigenvalue weighted by atomic mass is 32.2. The topological polar surface area (TPSA) is 129 Å². The molecule has 0 saturated heterocycles. The maximum atomic E-state index is 11.7. The molecule has 7 nitrogen and oxygen atoms in total. The molecule has 0 radical (unpaired) electrons. The third-order valence-corrected chi connectivity index (χ3v) is 3.47. The van der Waals surface area contributed by atoms with E-state index in [4.69, 9.17) is 11.5 Å². The van der Waals surface area contributed by atoms with Crippen LogP contribution in [0.4, 0.5) is 5.69 Å². The molecule has 4 N–H and O–H groups in total. The van der Waals surface area contributed by atoms with Gasteiger partial charge >= 0.3 is 0 Å². The van der Waals surface area contributed by atoms with Gasteiger partial charge in [0.25, 0.3) is 5.69 Å². The Hall–Kier alpha value is -1.80. The lowest BCUT2D eigenvalue weighted by atomic mass is 10.3. The minimum atomic E-state index is -1.50. The SMILES string of the molecule is NC(=O)C(N)CS(=O)c1ccc([N+](=O)[O-])cc1. The predicted molar refractivity (Wildman–Crippen MR) is 61.5 cm³/mol. The molecule has 0 aliphatic rings. The summed E-state index contributed by atoms with van der Waals surface area (Å²) in [6, 6.07) is 4.21. The molecule has 0 heterocycles. The lowest BCUT2D eigenvalue weighted by Gasteiger charge is -2.06. The Bertz CT molecular complexity index is 460. The van der Waals surface area contributed by atoms with Gasteiger partial charge in [-0.25, -0.2) is 0 Å². The second kappa shape index (κ2) is 5.51. The zero-order valence-electron chi connectivity index (χ0n) is 8.74. The van der Waals surface area contributed by atoms with Crippen LogP contribution in [0.15, 0.2) is 29.2 Å². The molecule has 0 aliphatic heterocycles. The second-order valence-corrected chi connectivity index (χ2v) is 4.77. The Kier molecular flexibility index (Phi) is 4.30. The van der Waals surface area contributed by atoms with Gasteiger partial charge in [0, 0.05) is 17.0 Å². The van der Waals surface area contributed by atoms with E-state index in [2.05, 4.69) is 0 Å². The highest BCUT2D eigenvalue weighted by Gasteiger charge is 2.15. The number of nitrogens with zero attached hydrogens (tertiary/aromatic N) is 1. The standard InChI is InChI=1S/C9H11N3O4S/c10-8(9(11)13)5-17(16)7-3-1-6(2-4-7)12(14)15/h1-4,8H,5,10H2,(H2,11,13). The molecule has 1 aromatic rings. The van der Waals surface area contributed by atoms with E-state index in [9.17, 15) is 19.1 Å². The van der Waals surface area contributed by atoms with Crippen LogP contribution in [0.3, 0.4) is 0 Å². The van der Waals surface area contributed by atoms with Crippen molar-refractivity contribution >= 4 is 22.4 Å². The van der Waals surface area contributed by atoms with Crippen LogP contribution >= 0.6 is 0 Å². The minimum absolute atomic E-state index is 0.0926. The van der Waals surface area contributed by atoms with Crippen LogP contribution in [-0.2, 0) is 15.6 Å². The first-order valence-corrected chi connectivity index (χ1v) is 5.91. The molecule has 2 atom stereocenters. The molecule has 0 bridgehead atoms. The number of carbonyl (C=O) groups excluding carboxylic acids is 1. The average molecular weight is 257 g/mol. The first-order valence-electron chi connectivity index (χ1n) is 4.59. The largest absolute Gasteiger partial charge is 0.368 e. The van der Waals surface area contributed by atoms with E-state index < -0.39 is 27.7 Å². The number of rotatable bonds is 5. The fourth-order valence-electron chi connectivity index (χ4n) is 1.06. The highest BCUT2D eigenvalue weighted by Crippen LogP contribution is 2.14. The Labute approximate surface area is 99.4 Å². The number of non-ortho nitro benzene ring substituents is 1. The Morgan fingerprint density at radius 3 is 2.35 bits per heavy atom. The van der Waals surface area contributed by atoms with Gasteiger partial charge in [-0.05, 0) is 12.1 Å². The molecule has 0 fully saturated rings. The molecule has 0 spiro atoms. The van der Waals surface area contributed by atoms with Crippen LogP contribution in [0.25, 0.3) is 0 Å². The number of primary amides is 1. The van der Waals surface area contributed by atoms with Gasteiger partial charge in [-0.15, -0.1) is 0 Å². The number of nitrogens with two attached hydrogens (primary N) is 2. The van der Waals surface area contributed by atoms with Gasteiger partial charge in [-0.1, -0.05) is 0 Å². The van der Waals surface area contributed by atoms with Crippen molar-refractivity contribution in [3.05, 3.63) is 34.4 Å². The van der Waals surface area contributed by atoms with Gasteiger partial charge in [0.05, 0.1) is 27.5 Å². The van der Waals surface area contributed by atoms with E-state index in [1.807, 2.05) is 0 Å². The summed E-state index contributed by atoms with van der Waals surface area (Å²) in [4.78, 5) is 20.9. The van der Waals surface area contributed by atoms with Crippen molar-refractivity contribution in [3.63, 3.8) is 0 Å². The van der Waals surface area contributed by atoms with Crippen LogP contribution in [0.2, 0.25) is 0 Å². The van der Waals surface area contributed by atoms with Gasteiger partial charge in [0.2, 0.25) is 5.91 Å². The monoisotopic (exact) mass is 257 g/mol. The summed E-state index contributed by atoms with van der Waals surface area (Å²) < 4.78 is 11.7. The summed E-state index contributed by atoms with van der Waals surface area (Å²) in [5.74, 6) is -0.840. The number of benzene rings is 1. The third-order valence-electron chi connectivity index (χ3n) is 2.01. The second-order valence-electron chi connectivity index (χ2n) is 3.27. The van der Waals surface area contributed by atoms with Crippen molar-refractivity contribution in [2.45, 2.75) is 10.9 Å². The number of carbonyl (C=O) groups is 1. The van der Waals surface area contributed by atoms with Gasteiger partial charge in [-0.2, -0.15) is 0 Å². The molecule has 2 unspecified atom stereocenters. The third kappa shape index (κ3) is 3.61. The first-order chi connectivity index (χ1) is 7.91. The van der Waals surface area contributed by atoms with E-state index in [1.54, 1.807) is 0 Å². The van der Waals surface area contributed by atoms with Gasteiger partial charge in [0.15, 0.2) is 0 Å². The van der Waals surface area contributed by atoms with Crippen molar-refractivity contribution in [2.24, 2.45) is 11.5 Å². The number of nitro groups is 1. The van der Waals surface area contributed by atoms with Crippen LogP contribution in [0.1, 0.15) is 0 Å². The molecule has 92 valence electrons. The van der Waals surface area contributed by atoms with E-state index in [0.29, 0.717) is 4.90 Å². The zero-order chi connectivity index (χ0) is 13.0. The fraction of sp³-hybridized carbons (Fsp3) is 0.222. The summed E-state index contributed by atoms with van der Waals surface area (Å²) in [6.07, 6.45) is 0. The number of nitro benzene ring substituents is 1. The van der Waals surface area contributed by atoms with Gasteiger partial charge < -0.3 is 11.5 Å². The van der Waals surface area contributed by atoms with Crippen molar-refractivity contribution in [1.82, 2.24) is 0 Å². The highest BCUT2D eigenvalue weighted by molar-refractivity contribution is 7.85. The maximum absolute atomic E-state index is 11.7. The Morgan fingerprint density at radius 1 is 1.41 bits per heavy atom. The molecule has 1 amide bonds. The average Bonchev–Trinajstić information content (AvgIpc) is 2.28. The lowest BCUT2D eigenvalue weighted by Crippen LogP contribution is -2.40. The van der Waals surface area contributed by atoms with Crippen molar-refractivity contribution < 1.29 is 13.9 Å². The summed E-state index contributed by atoms with van der Waals surface area (Å²) in [5.41, 5.74) is 10.2. The first kappa shape index (κ1) is 13.3. The van der Waals surface area contributed by atoms with Gasteiger partial charge in [-0.3, -0.25) is 19.1 Å². The number of hydrogen-bond donors (Lipinski definition) is 2. The normalized spacial score (nSPS) is 13.9. The van der Waals surface area contributed by atoms with E-state index >= 15 is 0 Å². The molecule has 0 aromatic heterocycles. The Morgan fingerprint density at radius 2 is 1.94 bits per heavy atom. The minimum Gasteiger partial charge on any atom is -0.368 e. The molecule has 1 aromatic carbocycles. The van der Waals surface area contributed by atoms with Crippen LogP contribution < -0.4 is 11.5 Å². The molecule has 0 saturated carbocycles. The quantitative estimate of drug-likeness (QED) is 0.543. The molecule has 1 rings (SSSR count). The maximum Gasteiger partial charge on any atom is 0.269 e. The molecular formula is C9H11N3O4S. The summed E-state index contributed by atoms with van der Waals surface area (Å²) >= 11 is 0. The van der Waals surface area contributed by atoms with Crippen LogP contribution in [0.5, 0.6) is 0 Å². The molecule has 8 heteroatoms. The summed E-state index contributed by atoms with van der Waals surface area (Å²) in [7, 11) is -1.50. The van der Waals surface area contributed by atoms with E-state index in [-0.39, 0.29) is 11.4 Å². The van der Waals surface area contributed by atoms with E-state index in [1.165, 1.54) is 24.3 Å². The van der Waals surface area contributed by atoms with Crippen molar-refractivity contribution in [3.8, 4) is 0 Å². The Balaban J connectivity index is 2.77. The predicted octanol–water partition coefficient (Wildman–Crippen LogP) is -0.485.